The molecule has 1 aliphatic heterocycles. The van der Waals surface area contributed by atoms with Crippen molar-refractivity contribution in [2.75, 3.05) is 25.6 Å². The lowest BCUT2D eigenvalue weighted by molar-refractivity contribution is -0.396. The molecule has 2 saturated carbocycles. The molecule has 38 heavy (non-hydrogen) atoms. The lowest BCUT2D eigenvalue weighted by atomic mass is 9.50. The van der Waals surface area contributed by atoms with Crippen molar-refractivity contribution in [3.05, 3.63) is 61.7 Å². The Labute approximate surface area is 230 Å². The molecule has 0 aromatic heterocycles. The molecule has 1 spiro atoms. The number of hydrogen-bond acceptors (Lipinski definition) is 8. The number of nitrogens with zero attached hydrogens (tertiary/aromatic N) is 2. The van der Waals surface area contributed by atoms with E-state index in [1.807, 2.05) is 0 Å². The van der Waals surface area contributed by atoms with Gasteiger partial charge in [0, 0.05) is 22.6 Å². The van der Waals surface area contributed by atoms with Crippen LogP contribution >= 0.6 is 21.6 Å². The van der Waals surface area contributed by atoms with E-state index in [1.165, 1.54) is 48.6 Å². The van der Waals surface area contributed by atoms with Gasteiger partial charge in [-0.25, -0.2) is 0 Å². The number of hydrogen-bond donors (Lipinski definition) is 0. The maximum absolute atomic E-state index is 11.6. The summed E-state index contributed by atoms with van der Waals surface area (Å²) in [5, 5.41) is 22.6. The quantitative estimate of drug-likeness (QED) is 0.113. The van der Waals surface area contributed by atoms with Gasteiger partial charge < -0.3 is 9.47 Å². The van der Waals surface area contributed by atoms with Crippen molar-refractivity contribution >= 4 is 33.0 Å². The number of non-ortho nitro benzene ring substituents is 1. The van der Waals surface area contributed by atoms with Crippen molar-refractivity contribution < 1.29 is 19.3 Å². The Morgan fingerprint density at radius 2 is 1.97 bits per heavy atom. The average Bonchev–Trinajstić information content (AvgIpc) is 3.17. The van der Waals surface area contributed by atoms with Crippen LogP contribution < -0.4 is 0 Å². The summed E-state index contributed by atoms with van der Waals surface area (Å²) >= 11 is 0. The van der Waals surface area contributed by atoms with E-state index in [-0.39, 0.29) is 22.2 Å². The van der Waals surface area contributed by atoms with Crippen LogP contribution in [0.1, 0.15) is 57.8 Å². The summed E-state index contributed by atoms with van der Waals surface area (Å²) in [5.74, 6) is 2.07. The molecule has 1 aromatic carbocycles. The fraction of sp³-hybridized carbons (Fsp3) is 0.643. The van der Waals surface area contributed by atoms with Crippen LogP contribution in [0.5, 0.6) is 0 Å². The SMILES string of the molecule is O=[N+]([O-])c1ccc(SSCC[C@]23CCCC=C2CC[C@@H]2C3=CC[C@]34COCCOC3CC[C@@H]24)c([N+](=O)[O-])c1. The summed E-state index contributed by atoms with van der Waals surface area (Å²) in [4.78, 5) is 22.0. The smallest absolute Gasteiger partial charge is 0.290 e. The van der Waals surface area contributed by atoms with Crippen LogP contribution in [-0.4, -0.2) is 41.5 Å². The van der Waals surface area contributed by atoms with Gasteiger partial charge in [0.15, 0.2) is 0 Å². The lowest BCUT2D eigenvalue weighted by Gasteiger charge is -2.55. The van der Waals surface area contributed by atoms with Crippen molar-refractivity contribution in [1.82, 2.24) is 0 Å². The first-order chi connectivity index (χ1) is 18.4. The van der Waals surface area contributed by atoms with Crippen molar-refractivity contribution in [2.45, 2.75) is 68.8 Å². The number of rotatable bonds is 7. The molecule has 5 atom stereocenters. The van der Waals surface area contributed by atoms with Crippen molar-refractivity contribution in [3.8, 4) is 0 Å². The average molecular weight is 559 g/mol. The summed E-state index contributed by atoms with van der Waals surface area (Å²) in [6, 6.07) is 3.92. The Kier molecular flexibility index (Phi) is 7.35. The molecule has 0 amide bonds. The van der Waals surface area contributed by atoms with Gasteiger partial charge in [-0.1, -0.05) is 44.9 Å². The van der Waals surface area contributed by atoms with Gasteiger partial charge in [-0.15, -0.1) is 0 Å². The van der Waals surface area contributed by atoms with Gasteiger partial charge in [0.1, 0.15) is 0 Å². The largest absolute Gasteiger partial charge is 0.378 e. The Morgan fingerprint density at radius 1 is 1.08 bits per heavy atom. The first-order valence-corrected chi connectivity index (χ1v) is 16.1. The predicted molar refractivity (Wildman–Crippen MR) is 148 cm³/mol. The van der Waals surface area contributed by atoms with Crippen LogP contribution in [0.4, 0.5) is 11.4 Å². The van der Waals surface area contributed by atoms with Crippen molar-refractivity contribution in [2.24, 2.45) is 22.7 Å². The van der Waals surface area contributed by atoms with Crippen LogP contribution in [0.15, 0.2) is 46.4 Å². The van der Waals surface area contributed by atoms with E-state index < -0.39 is 9.85 Å². The van der Waals surface area contributed by atoms with Crippen LogP contribution in [0.25, 0.3) is 0 Å². The first-order valence-electron chi connectivity index (χ1n) is 13.8. The number of ether oxygens (including phenoxy) is 2. The second-order valence-corrected chi connectivity index (χ2v) is 13.8. The highest BCUT2D eigenvalue weighted by atomic mass is 33.1. The van der Waals surface area contributed by atoms with E-state index in [2.05, 4.69) is 12.2 Å². The molecule has 10 heteroatoms. The highest BCUT2D eigenvalue weighted by Gasteiger charge is 2.59. The lowest BCUT2D eigenvalue weighted by Crippen LogP contribution is -2.49. The van der Waals surface area contributed by atoms with E-state index >= 15 is 0 Å². The normalized spacial score (nSPS) is 34.1. The minimum absolute atomic E-state index is 0.0995. The molecule has 5 aliphatic rings. The standard InChI is InChI=1S/C28H34N2O6S2/c31-29(32)20-5-8-25(24(17-20)30(33)34)38-37-16-13-27-11-2-1-3-19(27)4-6-21-22-7-9-26-28(22,12-10-23(21)27)18-35-14-15-36-26/h3,5,8,10,17,21-22,26H,1-2,4,6-7,9,11-16,18H2/t21-,22-,26?,27+,28+/m0/s1. The van der Waals surface area contributed by atoms with Gasteiger partial charge in [-0.2, -0.15) is 0 Å². The highest BCUT2D eigenvalue weighted by molar-refractivity contribution is 8.76. The van der Waals surface area contributed by atoms with Gasteiger partial charge in [-0.3, -0.25) is 20.2 Å². The minimum atomic E-state index is -0.591. The molecule has 0 bridgehead atoms. The second-order valence-electron chi connectivity index (χ2n) is 11.4. The zero-order chi connectivity index (χ0) is 26.3. The number of allylic oxidation sites excluding steroid dienone is 4. The molecule has 8 nitrogen and oxygen atoms in total. The second kappa shape index (κ2) is 10.6. The molecule has 204 valence electrons. The zero-order valence-electron chi connectivity index (χ0n) is 21.5. The van der Waals surface area contributed by atoms with E-state index in [1.54, 1.807) is 21.9 Å². The molecule has 3 fully saturated rings. The molecular formula is C28H34N2O6S2. The molecule has 4 aliphatic carbocycles. The van der Waals surface area contributed by atoms with E-state index in [4.69, 9.17) is 9.47 Å². The Bertz CT molecular complexity index is 1190. The first kappa shape index (κ1) is 26.3. The number of fused-ring (bicyclic) bond motifs is 4. The van der Waals surface area contributed by atoms with Gasteiger partial charge in [-0.05, 0) is 75.7 Å². The van der Waals surface area contributed by atoms with Crippen molar-refractivity contribution in [1.29, 1.82) is 0 Å². The van der Waals surface area contributed by atoms with Crippen LogP contribution in [0, 0.1) is 42.9 Å². The molecule has 0 N–H and O–H groups in total. The summed E-state index contributed by atoms with van der Waals surface area (Å²) in [6.07, 6.45) is 15.7. The summed E-state index contributed by atoms with van der Waals surface area (Å²) in [6.45, 7) is 2.22. The third-order valence-electron chi connectivity index (χ3n) is 9.83. The number of nitro benzene ring substituents is 2. The zero-order valence-corrected chi connectivity index (χ0v) is 23.1. The van der Waals surface area contributed by atoms with Crippen LogP contribution in [-0.2, 0) is 9.47 Å². The van der Waals surface area contributed by atoms with E-state index in [9.17, 15) is 20.2 Å². The third-order valence-corrected chi connectivity index (χ3v) is 12.2. The minimum Gasteiger partial charge on any atom is -0.378 e. The van der Waals surface area contributed by atoms with Crippen LogP contribution in [0.3, 0.4) is 0 Å². The Balaban J connectivity index is 1.21. The Morgan fingerprint density at radius 3 is 2.82 bits per heavy atom. The molecular weight excluding hydrogens is 524 g/mol. The molecule has 1 saturated heterocycles. The van der Waals surface area contributed by atoms with Gasteiger partial charge in [0.2, 0.25) is 0 Å². The maximum atomic E-state index is 11.6. The topological polar surface area (TPSA) is 105 Å². The number of benzene rings is 1. The fourth-order valence-corrected chi connectivity index (χ4v) is 10.5. The highest BCUT2D eigenvalue weighted by Crippen LogP contribution is 2.65. The van der Waals surface area contributed by atoms with E-state index in [0.29, 0.717) is 36.0 Å². The summed E-state index contributed by atoms with van der Waals surface area (Å²) < 4.78 is 12.4. The van der Waals surface area contributed by atoms with Gasteiger partial charge in [0.05, 0.1) is 46.7 Å². The monoisotopic (exact) mass is 558 g/mol. The Hall–Kier alpha value is -1.88. The third kappa shape index (κ3) is 4.41. The molecule has 1 aromatic rings. The van der Waals surface area contributed by atoms with Gasteiger partial charge in [0.25, 0.3) is 11.4 Å². The van der Waals surface area contributed by atoms with Crippen molar-refractivity contribution in [3.63, 3.8) is 0 Å². The fourth-order valence-electron chi connectivity index (χ4n) is 8.23. The molecule has 6 rings (SSSR count). The predicted octanol–water partition coefficient (Wildman–Crippen LogP) is 7.28. The van der Waals surface area contributed by atoms with E-state index in [0.717, 1.165) is 50.5 Å². The summed E-state index contributed by atoms with van der Waals surface area (Å²) in [5.41, 5.74) is 3.04. The van der Waals surface area contributed by atoms with Crippen LogP contribution in [0.2, 0.25) is 0 Å². The molecule has 0 radical (unpaired) electrons. The number of nitro groups is 2. The molecule has 1 unspecified atom stereocenters. The maximum Gasteiger partial charge on any atom is 0.290 e. The molecule has 1 heterocycles. The summed E-state index contributed by atoms with van der Waals surface area (Å²) in [7, 11) is 2.98. The van der Waals surface area contributed by atoms with Gasteiger partial charge >= 0.3 is 0 Å².